The molecule has 0 aliphatic carbocycles. The van der Waals surface area contributed by atoms with E-state index in [1.165, 1.54) is 19.3 Å². The average molecular weight is 431 g/mol. The molecule has 1 atom stereocenters. The Balaban J connectivity index is 1.48. The molecule has 1 fully saturated rings. The third-order valence-corrected chi connectivity index (χ3v) is 5.27. The Hall–Kier alpha value is -3.81. The summed E-state index contributed by atoms with van der Waals surface area (Å²) in [5.74, 6) is 1.25. The topological polar surface area (TPSA) is 97.3 Å². The van der Waals surface area contributed by atoms with Gasteiger partial charge in [-0.1, -0.05) is 0 Å². The number of carbonyl (C=O) groups is 2. The van der Waals surface area contributed by atoms with E-state index < -0.39 is 0 Å². The molecule has 1 saturated heterocycles. The maximum Gasteiger partial charge on any atom is 0.274 e. The average Bonchev–Trinajstić information content (AvgIpc) is 2.80. The van der Waals surface area contributed by atoms with E-state index in [4.69, 9.17) is 9.72 Å². The smallest absolute Gasteiger partial charge is 0.274 e. The van der Waals surface area contributed by atoms with E-state index in [1.807, 2.05) is 36.1 Å². The van der Waals surface area contributed by atoms with E-state index in [1.54, 1.807) is 18.3 Å². The molecule has 0 unspecified atom stereocenters. The summed E-state index contributed by atoms with van der Waals surface area (Å²) in [6.45, 7) is 4.68. The van der Waals surface area contributed by atoms with Gasteiger partial charge in [0.25, 0.3) is 5.91 Å². The largest absolute Gasteiger partial charge is 0.457 e. The number of carbonyl (C=O) groups excluding carboxylic acids is 2. The zero-order valence-corrected chi connectivity index (χ0v) is 18.1. The van der Waals surface area contributed by atoms with Crippen molar-refractivity contribution in [1.82, 2.24) is 19.9 Å². The Kier molecular flexibility index (Phi) is 6.39. The van der Waals surface area contributed by atoms with Gasteiger partial charge in [0.15, 0.2) is 0 Å². The Morgan fingerprint density at radius 2 is 1.94 bits per heavy atom. The highest BCUT2D eigenvalue weighted by atomic mass is 16.5. The van der Waals surface area contributed by atoms with Crippen LogP contribution < -0.4 is 10.1 Å². The number of amides is 2. The monoisotopic (exact) mass is 431 g/mol. The van der Waals surface area contributed by atoms with E-state index in [-0.39, 0.29) is 17.7 Å². The normalized spacial score (nSPS) is 15.8. The standard InChI is InChI=1S/C24H25N5O3/c1-16-12-21(32-20-7-5-19(6-8-20)28-17(2)30)13-22(27-16)18-4-3-11-29(15-18)24(31)23-14-25-9-10-26-23/h5-10,12-14,18H,3-4,11,15H2,1-2H3,(H,28,30)/t18-/m0/s1. The van der Waals surface area contributed by atoms with Crippen molar-refractivity contribution < 1.29 is 14.3 Å². The Bertz CT molecular complexity index is 1100. The summed E-state index contributed by atoms with van der Waals surface area (Å²) in [5.41, 5.74) is 2.83. The van der Waals surface area contributed by atoms with Gasteiger partial charge in [0.1, 0.15) is 17.2 Å². The van der Waals surface area contributed by atoms with Gasteiger partial charge in [-0.25, -0.2) is 4.98 Å². The molecule has 2 aromatic heterocycles. The van der Waals surface area contributed by atoms with E-state index in [0.717, 1.165) is 24.2 Å². The predicted molar refractivity (Wildman–Crippen MR) is 120 cm³/mol. The molecular formula is C24H25N5O3. The number of aryl methyl sites for hydroxylation is 1. The van der Waals surface area contributed by atoms with Crippen molar-refractivity contribution in [3.8, 4) is 11.5 Å². The number of ether oxygens (including phenoxy) is 1. The number of rotatable bonds is 5. The second-order valence-corrected chi connectivity index (χ2v) is 7.86. The molecule has 4 rings (SSSR count). The second kappa shape index (κ2) is 9.55. The summed E-state index contributed by atoms with van der Waals surface area (Å²) in [5, 5.41) is 2.74. The molecule has 1 N–H and O–H groups in total. The maximum absolute atomic E-state index is 12.8. The number of piperidine rings is 1. The number of benzene rings is 1. The minimum absolute atomic E-state index is 0.105. The quantitative estimate of drug-likeness (QED) is 0.657. The van der Waals surface area contributed by atoms with Crippen LogP contribution in [0.3, 0.4) is 0 Å². The van der Waals surface area contributed by atoms with Gasteiger partial charge in [0.05, 0.1) is 6.20 Å². The van der Waals surface area contributed by atoms with Crippen LogP contribution in [-0.2, 0) is 4.79 Å². The minimum atomic E-state index is -0.118. The first-order valence-corrected chi connectivity index (χ1v) is 10.6. The van der Waals surface area contributed by atoms with Crippen molar-refractivity contribution in [3.63, 3.8) is 0 Å². The van der Waals surface area contributed by atoms with Crippen LogP contribution in [0.15, 0.2) is 55.0 Å². The third-order valence-electron chi connectivity index (χ3n) is 5.27. The van der Waals surface area contributed by atoms with Crippen LogP contribution in [0.2, 0.25) is 0 Å². The summed E-state index contributed by atoms with van der Waals surface area (Å²) >= 11 is 0. The summed E-state index contributed by atoms with van der Waals surface area (Å²) < 4.78 is 6.04. The molecule has 2 amide bonds. The van der Waals surface area contributed by atoms with Crippen LogP contribution in [0.5, 0.6) is 11.5 Å². The lowest BCUT2D eigenvalue weighted by molar-refractivity contribution is -0.114. The first-order valence-electron chi connectivity index (χ1n) is 10.6. The van der Waals surface area contributed by atoms with Gasteiger partial charge >= 0.3 is 0 Å². The lowest BCUT2D eigenvalue weighted by Gasteiger charge is -2.32. The maximum atomic E-state index is 12.8. The number of anilines is 1. The van der Waals surface area contributed by atoms with Gasteiger partial charge in [0, 0.05) is 67.5 Å². The lowest BCUT2D eigenvalue weighted by atomic mass is 9.93. The second-order valence-electron chi connectivity index (χ2n) is 7.86. The molecule has 0 saturated carbocycles. The molecule has 8 nitrogen and oxygen atoms in total. The van der Waals surface area contributed by atoms with Gasteiger partial charge in [-0.05, 0) is 44.0 Å². The molecule has 164 valence electrons. The summed E-state index contributed by atoms with van der Waals surface area (Å²) in [6, 6.07) is 11.0. The number of likely N-dealkylation sites (tertiary alicyclic amines) is 1. The fourth-order valence-corrected chi connectivity index (χ4v) is 3.85. The van der Waals surface area contributed by atoms with Crippen molar-refractivity contribution in [2.45, 2.75) is 32.6 Å². The first-order chi connectivity index (χ1) is 15.5. The molecular weight excluding hydrogens is 406 g/mol. The van der Waals surface area contributed by atoms with Crippen molar-refractivity contribution in [1.29, 1.82) is 0 Å². The highest BCUT2D eigenvalue weighted by Gasteiger charge is 2.27. The molecule has 0 radical (unpaired) electrons. The molecule has 1 aliphatic heterocycles. The summed E-state index contributed by atoms with van der Waals surface area (Å²) in [7, 11) is 0. The highest BCUT2D eigenvalue weighted by molar-refractivity contribution is 5.92. The van der Waals surface area contributed by atoms with Crippen LogP contribution >= 0.6 is 0 Å². The molecule has 1 aromatic carbocycles. The van der Waals surface area contributed by atoms with Crippen LogP contribution in [0.4, 0.5) is 5.69 Å². The fraction of sp³-hybridized carbons (Fsp3) is 0.292. The molecule has 3 aromatic rings. The number of nitrogens with zero attached hydrogens (tertiary/aromatic N) is 4. The van der Waals surface area contributed by atoms with Crippen LogP contribution in [-0.4, -0.2) is 44.8 Å². The number of nitrogens with one attached hydrogen (secondary N) is 1. The summed E-state index contributed by atoms with van der Waals surface area (Å²) in [6.07, 6.45) is 6.43. The van der Waals surface area contributed by atoms with E-state index in [2.05, 4.69) is 15.3 Å². The first kappa shape index (κ1) is 21.4. The van der Waals surface area contributed by atoms with Gasteiger partial charge in [-0.15, -0.1) is 0 Å². The van der Waals surface area contributed by atoms with Gasteiger partial charge in [0.2, 0.25) is 5.91 Å². The molecule has 0 spiro atoms. The third kappa shape index (κ3) is 5.26. The number of hydrogen-bond donors (Lipinski definition) is 1. The molecule has 0 bridgehead atoms. The van der Waals surface area contributed by atoms with Crippen molar-refractivity contribution in [3.05, 3.63) is 72.1 Å². The zero-order chi connectivity index (χ0) is 22.5. The molecule has 3 heterocycles. The van der Waals surface area contributed by atoms with E-state index in [0.29, 0.717) is 36.0 Å². The van der Waals surface area contributed by atoms with E-state index in [9.17, 15) is 9.59 Å². The van der Waals surface area contributed by atoms with Crippen LogP contribution in [0, 0.1) is 6.92 Å². The van der Waals surface area contributed by atoms with Crippen molar-refractivity contribution in [2.24, 2.45) is 0 Å². The fourth-order valence-electron chi connectivity index (χ4n) is 3.85. The molecule has 8 heteroatoms. The highest BCUT2D eigenvalue weighted by Crippen LogP contribution is 2.31. The number of pyridine rings is 1. The minimum Gasteiger partial charge on any atom is -0.457 e. The van der Waals surface area contributed by atoms with Gasteiger partial charge in [-0.3, -0.25) is 19.6 Å². The Morgan fingerprint density at radius 1 is 1.12 bits per heavy atom. The van der Waals surface area contributed by atoms with Crippen LogP contribution in [0.1, 0.15) is 47.6 Å². The van der Waals surface area contributed by atoms with E-state index >= 15 is 0 Å². The van der Waals surface area contributed by atoms with Crippen molar-refractivity contribution in [2.75, 3.05) is 18.4 Å². The molecule has 32 heavy (non-hydrogen) atoms. The SMILES string of the molecule is CC(=O)Nc1ccc(Oc2cc(C)nc([C@H]3CCCN(C(=O)c4cnccn4)C3)c2)cc1. The van der Waals surface area contributed by atoms with Crippen molar-refractivity contribution >= 4 is 17.5 Å². The number of aromatic nitrogens is 3. The Morgan fingerprint density at radius 3 is 2.66 bits per heavy atom. The van der Waals surface area contributed by atoms with Gasteiger partial charge in [-0.2, -0.15) is 0 Å². The lowest BCUT2D eigenvalue weighted by Crippen LogP contribution is -2.39. The Labute approximate surface area is 186 Å². The number of hydrogen-bond acceptors (Lipinski definition) is 6. The summed E-state index contributed by atoms with van der Waals surface area (Å²) in [4.78, 5) is 38.7. The zero-order valence-electron chi connectivity index (χ0n) is 18.1. The predicted octanol–water partition coefficient (Wildman–Crippen LogP) is 3.95. The molecule has 1 aliphatic rings. The van der Waals surface area contributed by atoms with Crippen LogP contribution in [0.25, 0.3) is 0 Å². The van der Waals surface area contributed by atoms with Gasteiger partial charge < -0.3 is 15.0 Å².